The van der Waals surface area contributed by atoms with E-state index in [0.717, 1.165) is 70.6 Å². The average molecular weight is 1100 g/mol. The van der Waals surface area contributed by atoms with Gasteiger partial charge in [0.05, 0.1) is 48.8 Å². The van der Waals surface area contributed by atoms with Gasteiger partial charge in [-0.15, -0.1) is 0 Å². The highest BCUT2D eigenvalue weighted by molar-refractivity contribution is 7.46. The van der Waals surface area contributed by atoms with Gasteiger partial charge < -0.3 is 39.7 Å². The number of hydrogen-bond donors (Lipinski definition) is 4. The molecule has 5 saturated carbocycles. The maximum atomic E-state index is 14.7. The Labute approximate surface area is 465 Å². The third kappa shape index (κ3) is 12.0. The number of rotatable bonds is 22. The first-order valence-electron chi connectivity index (χ1n) is 30.0. The van der Waals surface area contributed by atoms with Crippen molar-refractivity contribution in [3.63, 3.8) is 0 Å². The van der Waals surface area contributed by atoms with Gasteiger partial charge in [-0.1, -0.05) is 102 Å². The van der Waals surface area contributed by atoms with E-state index in [1.165, 1.54) is 5.57 Å². The number of nitrogens with zero attached hydrogens (tertiary/aromatic N) is 3. The zero-order chi connectivity index (χ0) is 57.7. The molecule has 77 heavy (non-hydrogen) atoms. The van der Waals surface area contributed by atoms with Crippen molar-refractivity contribution in [1.82, 2.24) is 25.3 Å². The van der Waals surface area contributed by atoms with Gasteiger partial charge in [0.1, 0.15) is 6.04 Å². The third-order valence-electron chi connectivity index (χ3n) is 23.0. The number of methoxy groups -OCH3 is 2. The number of nitrogens with one attached hydrogen (secondary N) is 2. The zero-order valence-electron chi connectivity index (χ0n) is 51.2. The van der Waals surface area contributed by atoms with E-state index in [1.807, 2.05) is 58.5 Å². The average Bonchev–Trinajstić information content (AvgIpc) is 4.01. The van der Waals surface area contributed by atoms with Crippen LogP contribution >= 0.6 is 7.82 Å². The van der Waals surface area contributed by atoms with Crippen molar-refractivity contribution in [3.8, 4) is 0 Å². The minimum absolute atomic E-state index is 0.0236. The number of likely N-dealkylation sites (N-methyl/N-ethyl adjacent to an activating group) is 2. The van der Waals surface area contributed by atoms with Gasteiger partial charge in [-0.25, -0.2) is 4.57 Å². The fraction of sp³-hybridized carbons (Fsp3) is 0.902. The molecule has 5 aliphatic carbocycles. The first kappa shape index (κ1) is 63.8. The lowest BCUT2D eigenvalue weighted by molar-refractivity contribution is -0.246. The van der Waals surface area contributed by atoms with Crippen LogP contribution in [0, 0.1) is 80.3 Å². The van der Waals surface area contributed by atoms with Crippen LogP contribution in [0.4, 0.5) is 0 Å². The Hall–Kier alpha value is -2.39. The molecule has 4 N–H and O–H groups in total. The molecule has 1 heterocycles. The van der Waals surface area contributed by atoms with Gasteiger partial charge in [-0.05, 0) is 172 Å². The lowest BCUT2D eigenvalue weighted by Gasteiger charge is -2.73. The Morgan fingerprint density at radius 2 is 1.47 bits per heavy atom. The Bertz CT molecular complexity index is 2160. The molecule has 0 aromatic heterocycles. The predicted octanol–water partition coefficient (Wildman–Crippen LogP) is 9.89. The highest BCUT2D eigenvalue weighted by Crippen LogP contribution is 2.78. The Morgan fingerprint density at radius 1 is 0.805 bits per heavy atom. The summed E-state index contributed by atoms with van der Waals surface area (Å²) in [5.41, 5.74) is 0.996. The monoisotopic (exact) mass is 1100 g/mol. The molecule has 0 radical (unpaired) electrons. The molecular formula is C61H108N5O10P. The number of phosphoric ester groups is 1. The van der Waals surface area contributed by atoms with Crippen molar-refractivity contribution in [3.05, 3.63) is 12.2 Å². The zero-order valence-corrected chi connectivity index (χ0v) is 52.1. The van der Waals surface area contributed by atoms with E-state index in [2.05, 4.69) is 72.6 Å². The molecule has 15 nitrogen and oxygen atoms in total. The van der Waals surface area contributed by atoms with Gasteiger partial charge in [-0.3, -0.25) is 28.6 Å². The lowest BCUT2D eigenvalue weighted by atomic mass is 9.32. The van der Waals surface area contributed by atoms with Crippen molar-refractivity contribution < 1.29 is 47.5 Å². The number of likely N-dealkylation sites (tertiary alicyclic amines) is 1. The van der Waals surface area contributed by atoms with Crippen LogP contribution in [-0.2, 0) is 37.7 Å². The van der Waals surface area contributed by atoms with Gasteiger partial charge in [0.25, 0.3) is 0 Å². The third-order valence-corrected chi connectivity index (χ3v) is 23.5. The molecule has 6 unspecified atom stereocenters. The molecule has 18 atom stereocenters. The Morgan fingerprint density at radius 3 is 2.03 bits per heavy atom. The molecule has 6 fully saturated rings. The van der Waals surface area contributed by atoms with E-state index >= 15 is 0 Å². The minimum atomic E-state index is -4.63. The summed E-state index contributed by atoms with van der Waals surface area (Å²) in [7, 11) is 4.13. The summed E-state index contributed by atoms with van der Waals surface area (Å²) in [6.07, 6.45) is 10.8. The maximum Gasteiger partial charge on any atom is 0.469 e. The summed E-state index contributed by atoms with van der Waals surface area (Å²) >= 11 is 0. The maximum absolute atomic E-state index is 14.7. The number of carbonyl (C=O) groups excluding carboxylic acids is 4. The van der Waals surface area contributed by atoms with Crippen LogP contribution in [-0.4, -0.2) is 139 Å². The number of amides is 4. The molecule has 0 bridgehead atoms. The summed E-state index contributed by atoms with van der Waals surface area (Å²) < 4.78 is 30.1. The first-order valence-corrected chi connectivity index (χ1v) is 31.5. The lowest BCUT2D eigenvalue weighted by Crippen LogP contribution is -2.67. The van der Waals surface area contributed by atoms with Crippen molar-refractivity contribution in [2.24, 2.45) is 80.3 Å². The standard InChI is InChI=1S/C61H108N5O10P/c1-20-39(8)52(65(17)56(70)50(37(4)5)63-55(69)51(38(6)7)64(15)16)44(74-18)34-48(67)66-33-21-22-43(66)53(75-19)40(9)54(68)62-35-61-30-25-41(36(2)3)49(61)42-23-24-46-58(12)28-27-47(76-77(71,72)73)57(10,11)45(58)26-29-60(46,14)59(42,13)31-32-61/h37-47,49-53H,2,20-35H2,1,3-19H3,(H,62,68)(H,63,69)(H2,71,72,73)/t39-,40+,41-,42?,43?,44+,45?,46?,47-,49?,50?,51-,52-,53+,58-,59+,60+,61+/m0/s1. The van der Waals surface area contributed by atoms with Crippen LogP contribution in [0.15, 0.2) is 12.2 Å². The number of hydrogen-bond acceptors (Lipinski definition) is 9. The van der Waals surface area contributed by atoms with Gasteiger partial charge in [0.15, 0.2) is 0 Å². The van der Waals surface area contributed by atoms with Crippen LogP contribution in [0.5, 0.6) is 0 Å². The largest absolute Gasteiger partial charge is 0.469 e. The number of ether oxygens (including phenoxy) is 2. The Balaban J connectivity index is 1.16. The first-order chi connectivity index (χ1) is 35.7. The molecule has 0 spiro atoms. The molecule has 1 aliphatic heterocycles. The van der Waals surface area contributed by atoms with E-state index in [4.69, 9.17) is 14.0 Å². The van der Waals surface area contributed by atoms with Gasteiger partial charge >= 0.3 is 7.82 Å². The van der Waals surface area contributed by atoms with Crippen molar-refractivity contribution >= 4 is 31.5 Å². The highest BCUT2D eigenvalue weighted by Gasteiger charge is 2.71. The number of fused-ring (bicyclic) bond motifs is 7. The Kier molecular flexibility index (Phi) is 20.1. The topological polar surface area (TPSA) is 187 Å². The van der Waals surface area contributed by atoms with Gasteiger partial charge in [0.2, 0.25) is 23.6 Å². The number of carbonyl (C=O) groups is 4. The highest BCUT2D eigenvalue weighted by atomic mass is 31.2. The van der Waals surface area contributed by atoms with Crippen molar-refractivity contribution in [1.29, 1.82) is 0 Å². The molecule has 16 heteroatoms. The molecule has 1 saturated heterocycles. The van der Waals surface area contributed by atoms with Crippen molar-refractivity contribution in [2.75, 3.05) is 48.5 Å². The van der Waals surface area contributed by atoms with E-state index in [1.54, 1.807) is 26.2 Å². The summed E-state index contributed by atoms with van der Waals surface area (Å²) in [5.74, 6) is 0.766. The summed E-state index contributed by atoms with van der Waals surface area (Å²) in [4.78, 5) is 82.8. The molecule has 0 aromatic carbocycles. The fourth-order valence-electron chi connectivity index (χ4n) is 18.8. The molecule has 442 valence electrons. The van der Waals surface area contributed by atoms with Crippen LogP contribution in [0.2, 0.25) is 0 Å². The molecule has 0 aromatic rings. The van der Waals surface area contributed by atoms with E-state index < -0.39 is 50.2 Å². The van der Waals surface area contributed by atoms with Crippen LogP contribution < -0.4 is 10.6 Å². The van der Waals surface area contributed by atoms with E-state index in [0.29, 0.717) is 55.5 Å². The van der Waals surface area contributed by atoms with Gasteiger partial charge in [0, 0.05) is 34.4 Å². The predicted molar refractivity (Wildman–Crippen MR) is 304 cm³/mol. The molecule has 6 rings (SSSR count). The fourth-order valence-corrected chi connectivity index (χ4v) is 19.5. The van der Waals surface area contributed by atoms with Crippen LogP contribution in [0.1, 0.15) is 180 Å². The second kappa shape index (κ2) is 24.2. The summed E-state index contributed by atoms with van der Waals surface area (Å²) in [6, 6.07) is -1.93. The normalized spacial score (nSPS) is 35.6. The molecular weight excluding hydrogens is 994 g/mol. The second-order valence-corrected chi connectivity index (χ2v) is 29.4. The quantitative estimate of drug-likeness (QED) is 0.0597. The smallest absolute Gasteiger partial charge is 0.379 e. The van der Waals surface area contributed by atoms with Crippen LogP contribution in [0.3, 0.4) is 0 Å². The summed E-state index contributed by atoms with van der Waals surface area (Å²) in [5, 5.41) is 6.63. The number of phosphoric acid groups is 1. The summed E-state index contributed by atoms with van der Waals surface area (Å²) in [6.45, 7) is 34.0. The number of allylic oxidation sites excluding steroid dienone is 1. The van der Waals surface area contributed by atoms with E-state index in [9.17, 15) is 33.5 Å². The minimum Gasteiger partial charge on any atom is -0.379 e. The second-order valence-electron chi connectivity index (χ2n) is 28.2. The SMILES string of the molecule is C=C(C)[C@@H]1CC[C@]2(CNC(=O)[C@H](C)[C@@H](OC)C3CCCN3C(=O)C[C@@H](OC)[C@H]([C@@H](C)CC)N(C)C(=O)C(NC(=O)[C@H](C(C)C)N(C)C)C(C)C)CC[C@]3(C)C(CCC4[C@@]5(C)CC[C@H](OP(=O)(O)O)C(C)(C)C5CC[C@]43C)C12. The molecule has 4 amide bonds. The van der Waals surface area contributed by atoms with Gasteiger partial charge in [-0.2, -0.15) is 0 Å². The van der Waals surface area contributed by atoms with Crippen LogP contribution in [0.25, 0.3) is 0 Å². The molecule has 6 aliphatic rings. The van der Waals surface area contributed by atoms with E-state index in [-0.39, 0.29) is 80.9 Å². The van der Waals surface area contributed by atoms with Crippen molar-refractivity contribution in [2.45, 2.75) is 222 Å².